The third-order valence-electron chi connectivity index (χ3n) is 2.35. The normalized spacial score (nSPS) is 10.9. The maximum absolute atomic E-state index is 5.86. The molecule has 1 N–H and O–H groups in total. The van der Waals surface area contributed by atoms with Crippen LogP contribution in [-0.2, 0) is 0 Å². The first kappa shape index (κ1) is 11.6. The van der Waals surface area contributed by atoms with E-state index in [-0.39, 0.29) is 0 Å². The zero-order valence-corrected chi connectivity index (χ0v) is 10.7. The van der Waals surface area contributed by atoms with E-state index in [4.69, 9.17) is 11.6 Å². The van der Waals surface area contributed by atoms with Gasteiger partial charge in [-0.15, -0.1) is 11.3 Å². The lowest BCUT2D eigenvalue weighted by molar-refractivity contribution is 0.743. The van der Waals surface area contributed by atoms with E-state index in [0.29, 0.717) is 5.28 Å². The maximum Gasteiger partial charge on any atom is 0.224 e. The Labute approximate surface area is 104 Å². The summed E-state index contributed by atoms with van der Waals surface area (Å²) in [5.41, 5.74) is 0.919. The van der Waals surface area contributed by atoms with E-state index >= 15 is 0 Å². The molecule has 2 aromatic heterocycles. The van der Waals surface area contributed by atoms with E-state index in [2.05, 4.69) is 22.2 Å². The van der Waals surface area contributed by atoms with Crippen LogP contribution in [0.15, 0.2) is 11.4 Å². The Kier molecular flexibility index (Phi) is 3.96. The second-order valence-electron chi connectivity index (χ2n) is 3.61. The fourth-order valence-electron chi connectivity index (χ4n) is 1.54. The Morgan fingerprint density at radius 3 is 3.06 bits per heavy atom. The monoisotopic (exact) mass is 255 g/mol. The minimum Gasteiger partial charge on any atom is -0.369 e. The third-order valence-corrected chi connectivity index (χ3v) is 3.43. The lowest BCUT2D eigenvalue weighted by Crippen LogP contribution is -2.03. The zero-order chi connectivity index (χ0) is 11.4. The fraction of sp³-hybridized carbons (Fsp3) is 0.455. The number of hydrogen-bond donors (Lipinski definition) is 1. The highest BCUT2D eigenvalue weighted by Crippen LogP contribution is 2.27. The van der Waals surface area contributed by atoms with Crippen LogP contribution in [-0.4, -0.2) is 16.5 Å². The number of halogens is 1. The summed E-state index contributed by atoms with van der Waals surface area (Å²) in [6.07, 6.45) is 3.62. The minimum atomic E-state index is 0.309. The van der Waals surface area contributed by atoms with Gasteiger partial charge in [0.1, 0.15) is 5.82 Å². The number of aromatic nitrogens is 2. The van der Waals surface area contributed by atoms with E-state index in [1.165, 1.54) is 12.8 Å². The molecule has 3 nitrogen and oxygen atoms in total. The molecule has 86 valence electrons. The van der Waals surface area contributed by atoms with Crippen molar-refractivity contribution in [3.05, 3.63) is 16.7 Å². The van der Waals surface area contributed by atoms with Crippen LogP contribution in [0.3, 0.4) is 0 Å². The Morgan fingerprint density at radius 2 is 2.25 bits per heavy atom. The third kappa shape index (κ3) is 2.62. The van der Waals surface area contributed by atoms with E-state index < -0.39 is 0 Å². The molecular formula is C11H14ClN3S. The van der Waals surface area contributed by atoms with E-state index in [0.717, 1.165) is 29.0 Å². The van der Waals surface area contributed by atoms with Gasteiger partial charge in [-0.25, -0.2) is 4.98 Å². The van der Waals surface area contributed by atoms with Gasteiger partial charge in [0.2, 0.25) is 5.28 Å². The number of thiophene rings is 1. The Bertz CT molecular complexity index is 469. The van der Waals surface area contributed by atoms with Crippen LogP contribution >= 0.6 is 22.9 Å². The van der Waals surface area contributed by atoms with Gasteiger partial charge in [-0.1, -0.05) is 19.8 Å². The first-order chi connectivity index (χ1) is 7.81. The molecular weight excluding hydrogens is 242 g/mol. The van der Waals surface area contributed by atoms with E-state index in [1.807, 2.05) is 11.4 Å². The summed E-state index contributed by atoms with van der Waals surface area (Å²) in [5, 5.41) is 5.64. The molecule has 0 saturated heterocycles. The molecule has 0 aliphatic rings. The largest absolute Gasteiger partial charge is 0.369 e. The highest BCUT2D eigenvalue weighted by molar-refractivity contribution is 7.17. The van der Waals surface area contributed by atoms with Gasteiger partial charge in [-0.05, 0) is 29.5 Å². The topological polar surface area (TPSA) is 37.8 Å². The average molecular weight is 256 g/mol. The van der Waals surface area contributed by atoms with Crippen molar-refractivity contribution >= 4 is 39.0 Å². The second-order valence-corrected chi connectivity index (χ2v) is 4.86. The number of anilines is 1. The van der Waals surface area contributed by atoms with Crippen molar-refractivity contribution in [3.8, 4) is 0 Å². The molecule has 0 atom stereocenters. The van der Waals surface area contributed by atoms with Crippen LogP contribution < -0.4 is 5.32 Å². The number of rotatable bonds is 5. The van der Waals surface area contributed by atoms with Crippen molar-refractivity contribution in [2.24, 2.45) is 0 Å². The molecule has 0 unspecified atom stereocenters. The molecule has 2 aromatic rings. The average Bonchev–Trinajstić information content (AvgIpc) is 2.72. The van der Waals surface area contributed by atoms with Gasteiger partial charge in [0.25, 0.3) is 0 Å². The Morgan fingerprint density at radius 1 is 1.38 bits per heavy atom. The SMILES string of the molecule is CCCCCNc1nc(Cl)nc2ccsc12. The summed E-state index contributed by atoms with van der Waals surface area (Å²) in [7, 11) is 0. The summed E-state index contributed by atoms with van der Waals surface area (Å²) in [5.74, 6) is 0.862. The molecule has 0 saturated carbocycles. The number of hydrogen-bond acceptors (Lipinski definition) is 4. The van der Waals surface area contributed by atoms with Crippen LogP contribution in [0, 0.1) is 0 Å². The molecule has 0 spiro atoms. The van der Waals surface area contributed by atoms with E-state index in [9.17, 15) is 0 Å². The summed E-state index contributed by atoms with van der Waals surface area (Å²) >= 11 is 7.50. The van der Waals surface area contributed by atoms with Crippen molar-refractivity contribution in [1.29, 1.82) is 0 Å². The summed E-state index contributed by atoms with van der Waals surface area (Å²) in [6, 6.07) is 1.96. The van der Waals surface area contributed by atoms with Crippen molar-refractivity contribution in [2.75, 3.05) is 11.9 Å². The number of nitrogens with zero attached hydrogens (tertiary/aromatic N) is 2. The lowest BCUT2D eigenvalue weighted by Gasteiger charge is -2.05. The quantitative estimate of drug-likeness (QED) is 0.649. The highest BCUT2D eigenvalue weighted by Gasteiger charge is 2.06. The molecule has 0 aliphatic heterocycles. The van der Waals surface area contributed by atoms with Crippen LogP contribution in [0.5, 0.6) is 0 Å². The first-order valence-corrected chi connectivity index (χ1v) is 6.71. The summed E-state index contributed by atoms with van der Waals surface area (Å²) in [6.45, 7) is 3.13. The van der Waals surface area contributed by atoms with Crippen LogP contribution in [0.25, 0.3) is 10.2 Å². The van der Waals surface area contributed by atoms with Crippen molar-refractivity contribution in [1.82, 2.24) is 9.97 Å². The van der Waals surface area contributed by atoms with Crippen LogP contribution in [0.4, 0.5) is 5.82 Å². The molecule has 2 heterocycles. The molecule has 0 aliphatic carbocycles. The first-order valence-electron chi connectivity index (χ1n) is 5.46. The molecule has 0 amide bonds. The van der Waals surface area contributed by atoms with Crippen molar-refractivity contribution in [2.45, 2.75) is 26.2 Å². The van der Waals surface area contributed by atoms with Gasteiger partial charge < -0.3 is 5.32 Å². The number of unbranched alkanes of at least 4 members (excludes halogenated alkanes) is 2. The smallest absolute Gasteiger partial charge is 0.224 e. The number of nitrogens with one attached hydrogen (secondary N) is 1. The number of fused-ring (bicyclic) bond motifs is 1. The van der Waals surface area contributed by atoms with Crippen molar-refractivity contribution < 1.29 is 0 Å². The molecule has 16 heavy (non-hydrogen) atoms. The maximum atomic E-state index is 5.86. The molecule has 2 rings (SSSR count). The summed E-state index contributed by atoms with van der Waals surface area (Å²) < 4.78 is 1.08. The van der Waals surface area contributed by atoms with Crippen LogP contribution in [0.2, 0.25) is 5.28 Å². The predicted molar refractivity (Wildman–Crippen MR) is 70.4 cm³/mol. The molecule has 5 heteroatoms. The van der Waals surface area contributed by atoms with E-state index in [1.54, 1.807) is 11.3 Å². The van der Waals surface area contributed by atoms with Gasteiger partial charge >= 0.3 is 0 Å². The van der Waals surface area contributed by atoms with Gasteiger partial charge in [-0.2, -0.15) is 4.98 Å². The van der Waals surface area contributed by atoms with Crippen molar-refractivity contribution in [3.63, 3.8) is 0 Å². The minimum absolute atomic E-state index is 0.309. The lowest BCUT2D eigenvalue weighted by atomic mass is 10.2. The fourth-order valence-corrected chi connectivity index (χ4v) is 2.51. The molecule has 0 bridgehead atoms. The van der Waals surface area contributed by atoms with Gasteiger partial charge in [0.05, 0.1) is 10.2 Å². The summed E-state index contributed by atoms with van der Waals surface area (Å²) in [4.78, 5) is 8.39. The molecule has 0 fully saturated rings. The molecule has 0 radical (unpaired) electrons. The van der Waals surface area contributed by atoms with Gasteiger partial charge in [-0.3, -0.25) is 0 Å². The highest BCUT2D eigenvalue weighted by atomic mass is 35.5. The van der Waals surface area contributed by atoms with Gasteiger partial charge in [0, 0.05) is 6.54 Å². The van der Waals surface area contributed by atoms with Crippen LogP contribution in [0.1, 0.15) is 26.2 Å². The van der Waals surface area contributed by atoms with Gasteiger partial charge in [0.15, 0.2) is 0 Å². The predicted octanol–water partition coefficient (Wildman–Crippen LogP) is 3.95. The second kappa shape index (κ2) is 5.46. The standard InChI is InChI=1S/C11H14ClN3S/c1-2-3-4-6-13-10-9-8(5-7-16-9)14-11(12)15-10/h5,7H,2-4,6H2,1H3,(H,13,14,15). The molecule has 0 aromatic carbocycles. The Hall–Kier alpha value is -0.870. The zero-order valence-electron chi connectivity index (χ0n) is 9.16. The Balaban J connectivity index is 2.12.